The highest BCUT2D eigenvalue weighted by atomic mass is 79.9. The normalized spacial score (nSPS) is 15.6. The van der Waals surface area contributed by atoms with Crippen molar-refractivity contribution in [1.29, 1.82) is 0 Å². The third-order valence-electron chi connectivity index (χ3n) is 2.38. The second kappa shape index (κ2) is 4.03. The van der Waals surface area contributed by atoms with Gasteiger partial charge in [-0.3, -0.25) is 0 Å². The molecule has 2 aromatic heterocycles. The van der Waals surface area contributed by atoms with Crippen molar-refractivity contribution >= 4 is 15.9 Å². The maximum atomic E-state index is 5.32. The predicted molar refractivity (Wildman–Crippen MR) is 59.6 cm³/mol. The van der Waals surface area contributed by atoms with Crippen molar-refractivity contribution in [3.63, 3.8) is 0 Å². The standard InChI is InChI=1S/C10H10BrN3O2/c11-8-4-3-7(15-8)10-13-9(14-16-10)5-12-6-1-2-6/h3-4,6,12H,1-2,5H2. The molecule has 0 atom stereocenters. The van der Waals surface area contributed by atoms with Crippen LogP contribution in [0.25, 0.3) is 11.7 Å². The summed E-state index contributed by atoms with van der Waals surface area (Å²) < 4.78 is 11.1. The van der Waals surface area contributed by atoms with Gasteiger partial charge < -0.3 is 14.3 Å². The van der Waals surface area contributed by atoms with E-state index in [0.717, 1.165) is 0 Å². The Morgan fingerprint density at radius 1 is 1.44 bits per heavy atom. The minimum Gasteiger partial charge on any atom is -0.444 e. The van der Waals surface area contributed by atoms with E-state index >= 15 is 0 Å². The van der Waals surface area contributed by atoms with Gasteiger partial charge in [0, 0.05) is 6.04 Å². The number of nitrogens with one attached hydrogen (secondary N) is 1. The molecule has 6 heteroatoms. The Labute approximate surface area is 100 Å². The van der Waals surface area contributed by atoms with E-state index < -0.39 is 0 Å². The third kappa shape index (κ3) is 2.17. The van der Waals surface area contributed by atoms with Crippen LogP contribution in [0, 0.1) is 0 Å². The Morgan fingerprint density at radius 3 is 3.00 bits per heavy atom. The Balaban J connectivity index is 1.71. The Hall–Kier alpha value is -1.14. The molecule has 5 nitrogen and oxygen atoms in total. The highest BCUT2D eigenvalue weighted by Gasteiger charge is 2.21. The van der Waals surface area contributed by atoms with Crippen LogP contribution in [0.2, 0.25) is 0 Å². The molecule has 0 aliphatic heterocycles. The zero-order chi connectivity index (χ0) is 11.0. The largest absolute Gasteiger partial charge is 0.444 e. The number of nitrogens with zero attached hydrogens (tertiary/aromatic N) is 2. The van der Waals surface area contributed by atoms with Crippen molar-refractivity contribution in [3.8, 4) is 11.7 Å². The quantitative estimate of drug-likeness (QED) is 0.933. The predicted octanol–water partition coefficient (Wildman–Crippen LogP) is 2.34. The summed E-state index contributed by atoms with van der Waals surface area (Å²) in [5.41, 5.74) is 0. The molecule has 0 bridgehead atoms. The van der Waals surface area contributed by atoms with E-state index in [1.54, 1.807) is 12.1 Å². The first-order chi connectivity index (χ1) is 7.81. The number of halogens is 1. The summed E-state index contributed by atoms with van der Waals surface area (Å²) in [6.07, 6.45) is 2.49. The summed E-state index contributed by atoms with van der Waals surface area (Å²) in [4.78, 5) is 4.24. The van der Waals surface area contributed by atoms with E-state index in [2.05, 4.69) is 31.4 Å². The zero-order valence-corrected chi connectivity index (χ0v) is 10.0. The van der Waals surface area contributed by atoms with Gasteiger partial charge in [0.15, 0.2) is 16.3 Å². The van der Waals surface area contributed by atoms with E-state index in [1.165, 1.54) is 12.8 Å². The van der Waals surface area contributed by atoms with Gasteiger partial charge in [0.05, 0.1) is 6.54 Å². The fourth-order valence-corrected chi connectivity index (χ4v) is 1.68. The Bertz CT molecular complexity index is 490. The first-order valence-electron chi connectivity index (χ1n) is 5.13. The van der Waals surface area contributed by atoms with Crippen molar-refractivity contribution in [1.82, 2.24) is 15.5 Å². The van der Waals surface area contributed by atoms with E-state index in [4.69, 9.17) is 8.94 Å². The molecule has 2 aromatic rings. The molecule has 1 fully saturated rings. The molecule has 1 aliphatic carbocycles. The number of furan rings is 1. The molecular formula is C10H10BrN3O2. The van der Waals surface area contributed by atoms with Crippen LogP contribution in [0.5, 0.6) is 0 Å². The fourth-order valence-electron chi connectivity index (χ4n) is 1.38. The van der Waals surface area contributed by atoms with Crippen molar-refractivity contribution in [2.45, 2.75) is 25.4 Å². The number of hydrogen-bond acceptors (Lipinski definition) is 5. The molecule has 1 saturated carbocycles. The summed E-state index contributed by atoms with van der Waals surface area (Å²) in [5, 5.41) is 7.20. The lowest BCUT2D eigenvalue weighted by Gasteiger charge is -1.94. The molecule has 0 saturated heterocycles. The first-order valence-corrected chi connectivity index (χ1v) is 5.92. The Kier molecular flexibility index (Phi) is 2.53. The molecule has 16 heavy (non-hydrogen) atoms. The van der Waals surface area contributed by atoms with E-state index in [9.17, 15) is 0 Å². The van der Waals surface area contributed by atoms with Crippen LogP contribution in [0.15, 0.2) is 25.7 Å². The van der Waals surface area contributed by atoms with Crippen LogP contribution in [0.3, 0.4) is 0 Å². The average Bonchev–Trinajstić information content (AvgIpc) is 2.81. The van der Waals surface area contributed by atoms with Gasteiger partial charge in [-0.2, -0.15) is 4.98 Å². The SMILES string of the molecule is Brc1ccc(-c2nc(CNC3CC3)no2)o1. The second-order valence-electron chi connectivity index (χ2n) is 3.77. The van der Waals surface area contributed by atoms with Crippen LogP contribution < -0.4 is 5.32 Å². The van der Waals surface area contributed by atoms with Crippen molar-refractivity contribution in [2.24, 2.45) is 0 Å². The molecule has 84 valence electrons. The topological polar surface area (TPSA) is 64.1 Å². The van der Waals surface area contributed by atoms with Gasteiger partial charge in [0.25, 0.3) is 5.89 Å². The van der Waals surface area contributed by atoms with Gasteiger partial charge >= 0.3 is 0 Å². The molecule has 1 N–H and O–H groups in total. The number of rotatable bonds is 4. The summed E-state index contributed by atoms with van der Waals surface area (Å²) in [6.45, 7) is 0.649. The molecule has 3 rings (SSSR count). The Morgan fingerprint density at radius 2 is 2.31 bits per heavy atom. The fraction of sp³-hybridized carbons (Fsp3) is 0.400. The smallest absolute Gasteiger partial charge is 0.293 e. The van der Waals surface area contributed by atoms with E-state index in [-0.39, 0.29) is 0 Å². The lowest BCUT2D eigenvalue weighted by Crippen LogP contribution is -2.16. The lowest BCUT2D eigenvalue weighted by molar-refractivity contribution is 0.404. The summed E-state index contributed by atoms with van der Waals surface area (Å²) in [6, 6.07) is 4.22. The van der Waals surface area contributed by atoms with Crippen molar-refractivity contribution in [3.05, 3.63) is 22.6 Å². The van der Waals surface area contributed by atoms with Gasteiger partial charge in [0.2, 0.25) is 0 Å². The maximum Gasteiger partial charge on any atom is 0.293 e. The van der Waals surface area contributed by atoms with Gasteiger partial charge in [-0.15, -0.1) is 0 Å². The molecule has 1 aliphatic rings. The molecule has 0 amide bonds. The maximum absolute atomic E-state index is 5.32. The van der Waals surface area contributed by atoms with Crippen LogP contribution in [0.4, 0.5) is 0 Å². The average molecular weight is 284 g/mol. The van der Waals surface area contributed by atoms with E-state index in [1.807, 2.05) is 0 Å². The number of hydrogen-bond donors (Lipinski definition) is 1. The second-order valence-corrected chi connectivity index (χ2v) is 4.56. The first kappa shape index (κ1) is 10.0. The number of aromatic nitrogens is 2. The van der Waals surface area contributed by atoms with Gasteiger partial charge in [-0.05, 0) is 40.9 Å². The summed E-state index contributed by atoms with van der Waals surface area (Å²) in [5.74, 6) is 1.66. The van der Waals surface area contributed by atoms with Crippen LogP contribution in [-0.4, -0.2) is 16.2 Å². The zero-order valence-electron chi connectivity index (χ0n) is 8.44. The van der Waals surface area contributed by atoms with Gasteiger partial charge in [0.1, 0.15) is 0 Å². The summed E-state index contributed by atoms with van der Waals surface area (Å²) >= 11 is 3.23. The van der Waals surface area contributed by atoms with Gasteiger partial charge in [-0.25, -0.2) is 0 Å². The van der Waals surface area contributed by atoms with Gasteiger partial charge in [-0.1, -0.05) is 5.16 Å². The third-order valence-corrected chi connectivity index (χ3v) is 2.80. The minimum absolute atomic E-state index is 0.415. The van der Waals surface area contributed by atoms with Crippen LogP contribution >= 0.6 is 15.9 Å². The minimum atomic E-state index is 0.415. The molecule has 0 unspecified atom stereocenters. The molecule has 0 radical (unpaired) electrons. The van der Waals surface area contributed by atoms with E-state index in [0.29, 0.717) is 34.7 Å². The molecule has 0 aromatic carbocycles. The summed E-state index contributed by atoms with van der Waals surface area (Å²) in [7, 11) is 0. The molecular weight excluding hydrogens is 274 g/mol. The highest BCUT2D eigenvalue weighted by Crippen LogP contribution is 2.23. The van der Waals surface area contributed by atoms with Crippen molar-refractivity contribution < 1.29 is 8.94 Å². The van der Waals surface area contributed by atoms with Crippen LogP contribution in [0.1, 0.15) is 18.7 Å². The molecule has 2 heterocycles. The lowest BCUT2D eigenvalue weighted by atomic mass is 10.4. The highest BCUT2D eigenvalue weighted by molar-refractivity contribution is 9.10. The van der Waals surface area contributed by atoms with Crippen LogP contribution in [-0.2, 0) is 6.54 Å². The monoisotopic (exact) mass is 283 g/mol. The van der Waals surface area contributed by atoms with Crippen molar-refractivity contribution in [2.75, 3.05) is 0 Å². The molecule has 0 spiro atoms.